The Kier molecular flexibility index (Phi) is 9.16. The van der Waals surface area contributed by atoms with Gasteiger partial charge in [0.2, 0.25) is 5.91 Å². The van der Waals surface area contributed by atoms with Crippen LogP contribution in [0.2, 0.25) is 5.02 Å². The average Bonchev–Trinajstić information content (AvgIpc) is 3.00. The van der Waals surface area contributed by atoms with E-state index in [4.69, 9.17) is 11.6 Å². The lowest BCUT2D eigenvalue weighted by Crippen LogP contribution is -2.53. The maximum atomic E-state index is 12.6. The van der Waals surface area contributed by atoms with Crippen molar-refractivity contribution in [3.05, 3.63) is 50.4 Å². The smallest absolute Gasteiger partial charge is 0.227 e. The number of rotatable bonds is 4. The highest BCUT2D eigenvalue weighted by molar-refractivity contribution is 14.0. The Morgan fingerprint density at radius 2 is 1.93 bits per heavy atom. The number of carbonyl (C=O) groups is 1. The highest BCUT2D eigenvalue weighted by Crippen LogP contribution is 2.17. The minimum Gasteiger partial charge on any atom is -0.351 e. The number of halogens is 2. The van der Waals surface area contributed by atoms with Gasteiger partial charge in [0.15, 0.2) is 5.96 Å². The van der Waals surface area contributed by atoms with Crippen LogP contribution >= 0.6 is 46.9 Å². The molecule has 1 aliphatic rings. The Bertz CT molecular complexity index is 864. The fraction of sp³-hybridized carbons (Fsp3) is 0.450. The second kappa shape index (κ2) is 11.1. The summed E-state index contributed by atoms with van der Waals surface area (Å²) >= 11 is 7.72. The molecule has 1 N–H and O–H groups in total. The van der Waals surface area contributed by atoms with Crippen molar-refractivity contribution in [3.63, 3.8) is 0 Å². The number of benzene rings is 1. The standard InChI is InChI=1S/C20H26ClN5OS.HI/c1-14-18(28-15(2)24-14)13-23-20(22-3)26-9-7-25(8-10-26)19(27)12-16-5-4-6-17(21)11-16;/h4-6,11H,7-10,12-13H2,1-3H3,(H,22,23);1H. The number of thiazole rings is 1. The molecule has 2 heterocycles. The van der Waals surface area contributed by atoms with Crippen molar-refractivity contribution in [1.29, 1.82) is 0 Å². The molecule has 3 rings (SSSR count). The van der Waals surface area contributed by atoms with E-state index in [9.17, 15) is 4.79 Å². The third-order valence-corrected chi connectivity index (χ3v) is 6.10. The van der Waals surface area contributed by atoms with Crippen molar-refractivity contribution in [2.45, 2.75) is 26.8 Å². The van der Waals surface area contributed by atoms with Crippen LogP contribution in [0.3, 0.4) is 0 Å². The van der Waals surface area contributed by atoms with Gasteiger partial charge < -0.3 is 15.1 Å². The van der Waals surface area contributed by atoms with Crippen LogP contribution in [0.1, 0.15) is 21.1 Å². The van der Waals surface area contributed by atoms with Gasteiger partial charge in [-0.25, -0.2) is 4.98 Å². The summed E-state index contributed by atoms with van der Waals surface area (Å²) in [6.07, 6.45) is 0.386. The molecule has 2 aromatic rings. The molecule has 1 aliphatic heterocycles. The molecular weight excluding hydrogens is 521 g/mol. The van der Waals surface area contributed by atoms with Crippen molar-refractivity contribution < 1.29 is 4.79 Å². The predicted molar refractivity (Wildman–Crippen MR) is 131 cm³/mol. The molecule has 0 saturated carbocycles. The van der Waals surface area contributed by atoms with Crippen LogP contribution in [0.15, 0.2) is 29.3 Å². The van der Waals surface area contributed by atoms with Gasteiger partial charge in [-0.2, -0.15) is 0 Å². The van der Waals surface area contributed by atoms with E-state index in [1.807, 2.05) is 43.0 Å². The van der Waals surface area contributed by atoms with Crippen LogP contribution in [-0.4, -0.2) is 59.9 Å². The number of hydrogen-bond acceptors (Lipinski definition) is 4. The molecule has 0 radical (unpaired) electrons. The monoisotopic (exact) mass is 547 g/mol. The fourth-order valence-electron chi connectivity index (χ4n) is 3.33. The lowest BCUT2D eigenvalue weighted by atomic mass is 10.1. The summed E-state index contributed by atoms with van der Waals surface area (Å²) in [4.78, 5) is 26.8. The van der Waals surface area contributed by atoms with E-state index in [-0.39, 0.29) is 29.9 Å². The van der Waals surface area contributed by atoms with Crippen LogP contribution in [-0.2, 0) is 17.8 Å². The largest absolute Gasteiger partial charge is 0.351 e. The minimum atomic E-state index is 0. The quantitative estimate of drug-likeness (QED) is 0.362. The van der Waals surface area contributed by atoms with E-state index < -0.39 is 0 Å². The van der Waals surface area contributed by atoms with Crippen molar-refractivity contribution in [2.24, 2.45) is 4.99 Å². The van der Waals surface area contributed by atoms with Gasteiger partial charge in [-0.05, 0) is 31.5 Å². The van der Waals surface area contributed by atoms with Gasteiger partial charge in [-0.1, -0.05) is 23.7 Å². The summed E-state index contributed by atoms with van der Waals surface area (Å²) in [5.74, 6) is 1.01. The van der Waals surface area contributed by atoms with Crippen molar-refractivity contribution in [1.82, 2.24) is 20.1 Å². The summed E-state index contributed by atoms with van der Waals surface area (Å²) in [5, 5.41) is 5.17. The van der Waals surface area contributed by atoms with Crippen LogP contribution in [0.25, 0.3) is 0 Å². The maximum Gasteiger partial charge on any atom is 0.227 e. The van der Waals surface area contributed by atoms with E-state index in [0.717, 1.165) is 41.9 Å². The van der Waals surface area contributed by atoms with Gasteiger partial charge in [0, 0.05) is 43.1 Å². The maximum absolute atomic E-state index is 12.6. The Hall–Kier alpha value is -1.39. The topological polar surface area (TPSA) is 60.8 Å². The first-order valence-corrected chi connectivity index (χ1v) is 10.6. The first kappa shape index (κ1) is 23.9. The number of hydrogen-bond donors (Lipinski definition) is 1. The number of aromatic nitrogens is 1. The van der Waals surface area contributed by atoms with E-state index >= 15 is 0 Å². The Balaban J connectivity index is 0.00000300. The van der Waals surface area contributed by atoms with Gasteiger partial charge in [-0.3, -0.25) is 9.79 Å². The summed E-state index contributed by atoms with van der Waals surface area (Å²) in [5.41, 5.74) is 2.02. The molecule has 1 fully saturated rings. The molecule has 0 unspecified atom stereocenters. The average molecular weight is 548 g/mol. The van der Waals surface area contributed by atoms with Crippen LogP contribution < -0.4 is 5.32 Å². The second-order valence-corrected chi connectivity index (χ2v) is 8.54. The molecule has 0 bridgehead atoms. The Morgan fingerprint density at radius 3 is 2.52 bits per heavy atom. The molecule has 0 atom stereocenters. The number of piperazine rings is 1. The van der Waals surface area contributed by atoms with Crippen molar-refractivity contribution >= 4 is 58.8 Å². The zero-order valence-electron chi connectivity index (χ0n) is 16.9. The van der Waals surface area contributed by atoms with Crippen molar-refractivity contribution in [2.75, 3.05) is 33.2 Å². The molecule has 1 amide bonds. The molecule has 1 aromatic heterocycles. The minimum absolute atomic E-state index is 0. The van der Waals surface area contributed by atoms with Gasteiger partial charge >= 0.3 is 0 Å². The van der Waals surface area contributed by atoms with Gasteiger partial charge in [0.1, 0.15) is 0 Å². The molecule has 1 aromatic carbocycles. The molecular formula is C20H27ClIN5OS. The number of nitrogens with zero attached hydrogens (tertiary/aromatic N) is 4. The number of aliphatic imine (C=N–C) groups is 1. The molecule has 29 heavy (non-hydrogen) atoms. The number of nitrogens with one attached hydrogen (secondary N) is 1. The first-order chi connectivity index (χ1) is 13.5. The first-order valence-electron chi connectivity index (χ1n) is 9.37. The summed E-state index contributed by atoms with van der Waals surface area (Å²) in [6, 6.07) is 7.49. The number of amides is 1. The molecule has 0 spiro atoms. The predicted octanol–water partition coefficient (Wildman–Crippen LogP) is 3.49. The summed E-state index contributed by atoms with van der Waals surface area (Å²) in [6.45, 7) is 7.70. The molecule has 0 aliphatic carbocycles. The SMILES string of the molecule is CN=C(NCc1sc(C)nc1C)N1CCN(C(=O)Cc2cccc(Cl)c2)CC1.I. The highest BCUT2D eigenvalue weighted by atomic mass is 127. The number of guanidine groups is 1. The van der Waals surface area contributed by atoms with E-state index in [0.29, 0.717) is 24.5 Å². The van der Waals surface area contributed by atoms with Gasteiger partial charge in [-0.15, -0.1) is 35.3 Å². The fourth-order valence-corrected chi connectivity index (χ4v) is 4.42. The Morgan fingerprint density at radius 1 is 1.24 bits per heavy atom. The van der Waals surface area contributed by atoms with E-state index in [1.54, 1.807) is 18.4 Å². The van der Waals surface area contributed by atoms with E-state index in [1.165, 1.54) is 4.88 Å². The third-order valence-electron chi connectivity index (χ3n) is 4.79. The zero-order chi connectivity index (χ0) is 20.1. The molecule has 9 heteroatoms. The van der Waals surface area contributed by atoms with Gasteiger partial charge in [0.25, 0.3) is 0 Å². The summed E-state index contributed by atoms with van der Waals surface area (Å²) in [7, 11) is 1.80. The summed E-state index contributed by atoms with van der Waals surface area (Å²) < 4.78 is 0. The second-order valence-electron chi connectivity index (χ2n) is 6.82. The highest BCUT2D eigenvalue weighted by Gasteiger charge is 2.23. The van der Waals surface area contributed by atoms with E-state index in [2.05, 4.69) is 20.2 Å². The van der Waals surface area contributed by atoms with Crippen LogP contribution in [0, 0.1) is 13.8 Å². The lowest BCUT2D eigenvalue weighted by molar-refractivity contribution is -0.131. The zero-order valence-corrected chi connectivity index (χ0v) is 20.8. The lowest BCUT2D eigenvalue weighted by Gasteiger charge is -2.36. The molecule has 6 nitrogen and oxygen atoms in total. The third kappa shape index (κ3) is 6.55. The number of carbonyl (C=O) groups excluding carboxylic acids is 1. The normalized spacial score (nSPS) is 14.6. The Labute approximate surface area is 198 Å². The van der Waals surface area contributed by atoms with Crippen molar-refractivity contribution in [3.8, 4) is 0 Å². The van der Waals surface area contributed by atoms with Crippen LogP contribution in [0.4, 0.5) is 0 Å². The number of aryl methyl sites for hydroxylation is 2. The van der Waals surface area contributed by atoms with Crippen LogP contribution in [0.5, 0.6) is 0 Å². The molecule has 158 valence electrons. The van der Waals surface area contributed by atoms with Gasteiger partial charge in [0.05, 0.1) is 23.7 Å². The molecule has 1 saturated heterocycles.